The molecule has 2 nitrogen and oxygen atoms in total. The predicted molar refractivity (Wildman–Crippen MR) is 57.6 cm³/mol. The van der Waals surface area contributed by atoms with Gasteiger partial charge < -0.3 is 4.74 Å². The molecular formula is C11H11ClF2O2. The molecule has 0 amide bonds. The highest BCUT2D eigenvalue weighted by molar-refractivity contribution is 6.31. The third-order valence-corrected chi connectivity index (χ3v) is 2.34. The van der Waals surface area contributed by atoms with Gasteiger partial charge in [0.25, 0.3) is 6.43 Å². The van der Waals surface area contributed by atoms with Crippen molar-refractivity contribution in [3.05, 3.63) is 28.3 Å². The van der Waals surface area contributed by atoms with E-state index in [9.17, 15) is 13.6 Å². The maximum atomic E-state index is 12.6. The summed E-state index contributed by atoms with van der Waals surface area (Å²) in [6, 6.07) is 2.34. The molecule has 0 saturated carbocycles. The van der Waals surface area contributed by atoms with Crippen molar-refractivity contribution in [3.8, 4) is 5.75 Å². The second-order valence-corrected chi connectivity index (χ2v) is 3.57. The van der Waals surface area contributed by atoms with Crippen molar-refractivity contribution < 1.29 is 18.3 Å². The largest absolute Gasteiger partial charge is 0.493 e. The molecule has 0 aliphatic heterocycles. The lowest BCUT2D eigenvalue weighted by atomic mass is 10.1. The first kappa shape index (κ1) is 12.9. The van der Waals surface area contributed by atoms with Gasteiger partial charge in [0.1, 0.15) is 5.75 Å². The van der Waals surface area contributed by atoms with E-state index in [-0.39, 0.29) is 27.7 Å². The molecule has 0 fully saturated rings. The number of carbonyl (C=O) groups is 1. The Hall–Kier alpha value is -1.16. The third-order valence-electron chi connectivity index (χ3n) is 2.01. The van der Waals surface area contributed by atoms with E-state index in [0.29, 0.717) is 6.61 Å². The number of ether oxygens (including phenoxy) is 1. The first-order valence-electron chi connectivity index (χ1n) is 4.72. The van der Waals surface area contributed by atoms with Gasteiger partial charge in [0.2, 0.25) is 0 Å². The van der Waals surface area contributed by atoms with Gasteiger partial charge in [-0.1, -0.05) is 11.6 Å². The second-order valence-electron chi connectivity index (χ2n) is 3.16. The fraction of sp³-hybridized carbons (Fsp3) is 0.364. The smallest absolute Gasteiger partial charge is 0.265 e. The molecule has 0 bridgehead atoms. The summed E-state index contributed by atoms with van der Waals surface area (Å²) in [5.74, 6) is -0.0913. The number of alkyl halides is 2. The number of hydrogen-bond acceptors (Lipinski definition) is 2. The topological polar surface area (TPSA) is 26.3 Å². The third kappa shape index (κ3) is 2.70. The molecule has 0 heterocycles. The Balaban J connectivity index is 3.31. The minimum absolute atomic E-state index is 0.0940. The lowest BCUT2D eigenvalue weighted by molar-refractivity contribution is 0.101. The molecule has 16 heavy (non-hydrogen) atoms. The molecule has 0 aliphatic carbocycles. The van der Waals surface area contributed by atoms with Crippen molar-refractivity contribution in [1.82, 2.24) is 0 Å². The summed E-state index contributed by atoms with van der Waals surface area (Å²) in [5, 5.41) is -0.0940. The fourth-order valence-electron chi connectivity index (χ4n) is 1.29. The zero-order valence-corrected chi connectivity index (χ0v) is 9.65. The van der Waals surface area contributed by atoms with E-state index in [2.05, 4.69) is 0 Å². The molecule has 1 aromatic rings. The second kappa shape index (κ2) is 5.25. The zero-order valence-electron chi connectivity index (χ0n) is 8.89. The molecule has 1 rings (SSSR count). The Kier molecular flexibility index (Phi) is 4.24. The van der Waals surface area contributed by atoms with Gasteiger partial charge in [-0.15, -0.1) is 0 Å². The molecule has 0 unspecified atom stereocenters. The number of ketones is 1. The summed E-state index contributed by atoms with van der Waals surface area (Å²) < 4.78 is 30.3. The Labute approximate surface area is 97.2 Å². The van der Waals surface area contributed by atoms with Crippen molar-refractivity contribution >= 4 is 17.4 Å². The average molecular weight is 249 g/mol. The molecular weight excluding hydrogens is 238 g/mol. The summed E-state index contributed by atoms with van der Waals surface area (Å²) in [5.41, 5.74) is -0.225. The summed E-state index contributed by atoms with van der Waals surface area (Å²) in [6.07, 6.45) is -2.71. The number of Topliss-reactive ketones (excluding diaryl/α,β-unsaturated/α-hetero) is 1. The predicted octanol–water partition coefficient (Wildman–Crippen LogP) is 3.88. The standard InChI is InChI=1S/C11H11ClF2O2/c1-3-16-10-5-9(12)8(11(13)14)4-7(10)6(2)15/h4-5,11H,3H2,1-2H3. The van der Waals surface area contributed by atoms with Crippen LogP contribution in [0.4, 0.5) is 8.78 Å². The van der Waals surface area contributed by atoms with Crippen molar-refractivity contribution in [2.24, 2.45) is 0 Å². The van der Waals surface area contributed by atoms with Gasteiger partial charge in [-0.2, -0.15) is 0 Å². The van der Waals surface area contributed by atoms with Gasteiger partial charge in [0.05, 0.1) is 17.2 Å². The minimum atomic E-state index is -2.71. The normalized spacial score (nSPS) is 10.6. The molecule has 0 aromatic heterocycles. The number of carbonyl (C=O) groups excluding carboxylic acids is 1. The van der Waals surface area contributed by atoms with Crippen LogP contribution in [0.3, 0.4) is 0 Å². The lowest BCUT2D eigenvalue weighted by Crippen LogP contribution is -2.02. The number of rotatable bonds is 4. The van der Waals surface area contributed by atoms with E-state index in [1.165, 1.54) is 13.0 Å². The fourth-order valence-corrected chi connectivity index (χ4v) is 1.53. The van der Waals surface area contributed by atoms with Crippen LogP contribution in [0.5, 0.6) is 5.75 Å². The highest BCUT2D eigenvalue weighted by atomic mass is 35.5. The first-order valence-corrected chi connectivity index (χ1v) is 5.10. The number of benzene rings is 1. The lowest BCUT2D eigenvalue weighted by Gasteiger charge is -2.11. The summed E-state index contributed by atoms with van der Waals surface area (Å²) in [7, 11) is 0. The molecule has 0 saturated heterocycles. The molecule has 0 atom stereocenters. The maximum Gasteiger partial charge on any atom is 0.265 e. The summed E-state index contributed by atoms with van der Waals surface area (Å²) >= 11 is 5.67. The minimum Gasteiger partial charge on any atom is -0.493 e. The summed E-state index contributed by atoms with van der Waals surface area (Å²) in [4.78, 5) is 11.3. The Bertz CT molecular complexity index is 405. The molecule has 0 radical (unpaired) electrons. The van der Waals surface area contributed by atoms with Crippen molar-refractivity contribution in [2.75, 3.05) is 6.61 Å². The Morgan fingerprint density at radius 3 is 2.56 bits per heavy atom. The van der Waals surface area contributed by atoms with Crippen LogP contribution in [0.2, 0.25) is 5.02 Å². The quantitative estimate of drug-likeness (QED) is 0.756. The highest BCUT2D eigenvalue weighted by Crippen LogP contribution is 2.33. The van der Waals surface area contributed by atoms with Crippen LogP contribution >= 0.6 is 11.6 Å². The van der Waals surface area contributed by atoms with Crippen LogP contribution in [-0.4, -0.2) is 12.4 Å². The first-order chi connectivity index (χ1) is 7.47. The van der Waals surface area contributed by atoms with E-state index in [1.54, 1.807) is 6.92 Å². The molecule has 88 valence electrons. The monoisotopic (exact) mass is 248 g/mol. The number of halogens is 3. The van der Waals surface area contributed by atoms with E-state index >= 15 is 0 Å². The van der Waals surface area contributed by atoms with Crippen LogP contribution in [-0.2, 0) is 0 Å². The number of hydrogen-bond donors (Lipinski definition) is 0. The van der Waals surface area contributed by atoms with Crippen LogP contribution in [0.15, 0.2) is 12.1 Å². The molecule has 0 aliphatic rings. The van der Waals surface area contributed by atoms with Crippen molar-refractivity contribution in [3.63, 3.8) is 0 Å². The molecule has 5 heteroatoms. The van der Waals surface area contributed by atoms with Crippen molar-refractivity contribution in [2.45, 2.75) is 20.3 Å². The average Bonchev–Trinajstić information content (AvgIpc) is 2.17. The van der Waals surface area contributed by atoms with Crippen LogP contribution in [0.25, 0.3) is 0 Å². The van der Waals surface area contributed by atoms with Gasteiger partial charge in [0.15, 0.2) is 5.78 Å². The maximum absolute atomic E-state index is 12.6. The molecule has 0 spiro atoms. The summed E-state index contributed by atoms with van der Waals surface area (Å²) in [6.45, 7) is 3.37. The van der Waals surface area contributed by atoms with Crippen molar-refractivity contribution in [1.29, 1.82) is 0 Å². The molecule has 0 N–H and O–H groups in total. The highest BCUT2D eigenvalue weighted by Gasteiger charge is 2.18. The van der Waals surface area contributed by atoms with E-state index in [1.807, 2.05) is 0 Å². The van der Waals surface area contributed by atoms with Gasteiger partial charge >= 0.3 is 0 Å². The van der Waals surface area contributed by atoms with Gasteiger partial charge in [-0.3, -0.25) is 4.79 Å². The van der Waals surface area contributed by atoms with Crippen LogP contribution in [0.1, 0.15) is 36.2 Å². The van der Waals surface area contributed by atoms with E-state index in [4.69, 9.17) is 16.3 Å². The van der Waals surface area contributed by atoms with Crippen LogP contribution < -0.4 is 4.74 Å². The van der Waals surface area contributed by atoms with Gasteiger partial charge in [0, 0.05) is 5.56 Å². The van der Waals surface area contributed by atoms with Gasteiger partial charge in [-0.25, -0.2) is 8.78 Å². The Morgan fingerprint density at radius 2 is 2.12 bits per heavy atom. The van der Waals surface area contributed by atoms with E-state index < -0.39 is 6.43 Å². The SMILES string of the molecule is CCOc1cc(Cl)c(C(F)F)cc1C(C)=O. The zero-order chi connectivity index (χ0) is 12.3. The molecule has 1 aromatic carbocycles. The van der Waals surface area contributed by atoms with Crippen LogP contribution in [0, 0.1) is 0 Å². The Morgan fingerprint density at radius 1 is 1.50 bits per heavy atom. The van der Waals surface area contributed by atoms with E-state index in [0.717, 1.165) is 6.07 Å². The van der Waals surface area contributed by atoms with Gasteiger partial charge in [-0.05, 0) is 26.0 Å².